The highest BCUT2D eigenvalue weighted by atomic mass is 16.5. The number of ether oxygens (including phenoxy) is 2. The molecule has 0 aliphatic heterocycles. The van der Waals surface area contributed by atoms with E-state index in [2.05, 4.69) is 5.32 Å². The number of rotatable bonds is 7. The number of benzene rings is 2. The standard InChI is InChI=1S/C20H23NO3/c1-4-24-19-12-8-17(9-13-19)15(2)21-20(22)14-7-16-5-10-18(23-3)11-6-16/h5-15H,4H2,1-3H3,(H,21,22)/b14-7+/t15-/m1/s1. The molecule has 24 heavy (non-hydrogen) atoms. The first-order valence-electron chi connectivity index (χ1n) is 7.97. The number of amides is 1. The monoisotopic (exact) mass is 325 g/mol. The van der Waals surface area contributed by atoms with Crippen LogP contribution in [0, 0.1) is 0 Å². The normalized spacial score (nSPS) is 12.0. The van der Waals surface area contributed by atoms with Crippen molar-refractivity contribution in [3.05, 3.63) is 65.7 Å². The van der Waals surface area contributed by atoms with Crippen LogP contribution in [-0.4, -0.2) is 19.6 Å². The molecule has 0 heterocycles. The Balaban J connectivity index is 1.91. The molecule has 0 aliphatic carbocycles. The first-order valence-corrected chi connectivity index (χ1v) is 7.97. The number of carbonyl (C=O) groups is 1. The summed E-state index contributed by atoms with van der Waals surface area (Å²) < 4.78 is 10.5. The van der Waals surface area contributed by atoms with Gasteiger partial charge in [-0.1, -0.05) is 24.3 Å². The Kier molecular flexibility index (Phi) is 6.43. The van der Waals surface area contributed by atoms with Gasteiger partial charge in [0.15, 0.2) is 0 Å². The average molecular weight is 325 g/mol. The third kappa shape index (κ3) is 5.16. The van der Waals surface area contributed by atoms with Gasteiger partial charge in [0, 0.05) is 6.08 Å². The first-order chi connectivity index (χ1) is 11.6. The number of methoxy groups -OCH3 is 1. The van der Waals surface area contributed by atoms with Crippen LogP contribution in [0.3, 0.4) is 0 Å². The molecule has 0 aromatic heterocycles. The van der Waals surface area contributed by atoms with Gasteiger partial charge in [-0.2, -0.15) is 0 Å². The highest BCUT2D eigenvalue weighted by Crippen LogP contribution is 2.18. The third-order valence-corrected chi connectivity index (χ3v) is 3.59. The minimum atomic E-state index is -0.132. The summed E-state index contributed by atoms with van der Waals surface area (Å²) in [5, 5.41) is 2.95. The Labute approximate surface area is 143 Å². The molecule has 0 radical (unpaired) electrons. The zero-order valence-electron chi connectivity index (χ0n) is 14.3. The number of nitrogens with one attached hydrogen (secondary N) is 1. The van der Waals surface area contributed by atoms with Crippen LogP contribution in [0.4, 0.5) is 0 Å². The molecule has 2 aromatic carbocycles. The van der Waals surface area contributed by atoms with Crippen LogP contribution in [0.5, 0.6) is 11.5 Å². The van der Waals surface area contributed by atoms with E-state index in [0.717, 1.165) is 22.6 Å². The topological polar surface area (TPSA) is 47.6 Å². The highest BCUT2D eigenvalue weighted by molar-refractivity contribution is 5.91. The van der Waals surface area contributed by atoms with Gasteiger partial charge in [-0.15, -0.1) is 0 Å². The fraction of sp³-hybridized carbons (Fsp3) is 0.250. The van der Waals surface area contributed by atoms with Gasteiger partial charge in [0.25, 0.3) is 0 Å². The third-order valence-electron chi connectivity index (χ3n) is 3.59. The van der Waals surface area contributed by atoms with Gasteiger partial charge in [-0.05, 0) is 55.3 Å². The Hall–Kier alpha value is -2.75. The lowest BCUT2D eigenvalue weighted by atomic mass is 10.1. The van der Waals surface area contributed by atoms with Crippen LogP contribution < -0.4 is 14.8 Å². The van der Waals surface area contributed by atoms with Crippen LogP contribution in [0.25, 0.3) is 6.08 Å². The Morgan fingerprint density at radius 1 is 1.08 bits per heavy atom. The van der Waals surface area contributed by atoms with Crippen LogP contribution in [0.2, 0.25) is 0 Å². The lowest BCUT2D eigenvalue weighted by Crippen LogP contribution is -2.24. The summed E-state index contributed by atoms with van der Waals surface area (Å²) in [7, 11) is 1.63. The highest BCUT2D eigenvalue weighted by Gasteiger charge is 2.07. The molecule has 0 unspecified atom stereocenters. The SMILES string of the molecule is CCOc1ccc([C@@H](C)NC(=O)/C=C/c2ccc(OC)cc2)cc1. The van der Waals surface area contributed by atoms with E-state index in [1.165, 1.54) is 6.08 Å². The van der Waals surface area contributed by atoms with E-state index < -0.39 is 0 Å². The lowest BCUT2D eigenvalue weighted by Gasteiger charge is -2.13. The molecular formula is C20H23NO3. The predicted octanol–water partition coefficient (Wildman–Crippen LogP) is 3.98. The molecule has 126 valence electrons. The second-order valence-electron chi connectivity index (χ2n) is 5.34. The zero-order chi connectivity index (χ0) is 17.4. The van der Waals surface area contributed by atoms with Gasteiger partial charge in [0.2, 0.25) is 5.91 Å². The van der Waals surface area contributed by atoms with E-state index in [4.69, 9.17) is 9.47 Å². The molecule has 4 nitrogen and oxygen atoms in total. The second-order valence-corrected chi connectivity index (χ2v) is 5.34. The summed E-state index contributed by atoms with van der Waals surface area (Å²) in [6.45, 7) is 4.54. The van der Waals surface area contributed by atoms with E-state index >= 15 is 0 Å². The Morgan fingerprint density at radius 3 is 2.29 bits per heavy atom. The number of hydrogen-bond acceptors (Lipinski definition) is 3. The molecule has 0 fully saturated rings. The summed E-state index contributed by atoms with van der Waals surface area (Å²) >= 11 is 0. The molecular weight excluding hydrogens is 302 g/mol. The molecule has 0 saturated carbocycles. The molecule has 0 aliphatic rings. The molecule has 4 heteroatoms. The summed E-state index contributed by atoms with van der Waals surface area (Å²) in [5.41, 5.74) is 1.98. The summed E-state index contributed by atoms with van der Waals surface area (Å²) in [5.74, 6) is 1.49. The molecule has 0 saturated heterocycles. The summed E-state index contributed by atoms with van der Waals surface area (Å²) in [6.07, 6.45) is 3.31. The quantitative estimate of drug-likeness (QED) is 0.783. The predicted molar refractivity (Wildman–Crippen MR) is 96.2 cm³/mol. The maximum Gasteiger partial charge on any atom is 0.244 e. The second kappa shape index (κ2) is 8.77. The molecule has 2 rings (SSSR count). The molecule has 0 bridgehead atoms. The van der Waals surface area contributed by atoms with Gasteiger partial charge in [-0.25, -0.2) is 0 Å². The van der Waals surface area contributed by atoms with E-state index in [1.807, 2.05) is 62.4 Å². The van der Waals surface area contributed by atoms with E-state index in [1.54, 1.807) is 13.2 Å². The summed E-state index contributed by atoms with van der Waals surface area (Å²) in [4.78, 5) is 12.0. The minimum Gasteiger partial charge on any atom is -0.497 e. The lowest BCUT2D eigenvalue weighted by molar-refractivity contribution is -0.117. The van der Waals surface area contributed by atoms with E-state index in [0.29, 0.717) is 6.61 Å². The average Bonchev–Trinajstić information content (AvgIpc) is 2.61. The number of carbonyl (C=O) groups excluding carboxylic acids is 1. The largest absolute Gasteiger partial charge is 0.497 e. The maximum absolute atomic E-state index is 12.0. The Morgan fingerprint density at radius 2 is 1.71 bits per heavy atom. The van der Waals surface area contributed by atoms with Crippen LogP contribution >= 0.6 is 0 Å². The molecule has 1 N–H and O–H groups in total. The van der Waals surface area contributed by atoms with Crippen molar-refractivity contribution in [3.8, 4) is 11.5 Å². The van der Waals surface area contributed by atoms with E-state index in [-0.39, 0.29) is 11.9 Å². The fourth-order valence-corrected chi connectivity index (χ4v) is 2.25. The van der Waals surface area contributed by atoms with Crippen molar-refractivity contribution in [1.29, 1.82) is 0 Å². The van der Waals surface area contributed by atoms with Gasteiger partial charge >= 0.3 is 0 Å². The van der Waals surface area contributed by atoms with Crippen molar-refractivity contribution >= 4 is 12.0 Å². The van der Waals surface area contributed by atoms with E-state index in [9.17, 15) is 4.79 Å². The molecule has 2 aromatic rings. The first kappa shape index (κ1) is 17.6. The fourth-order valence-electron chi connectivity index (χ4n) is 2.25. The van der Waals surface area contributed by atoms with Crippen molar-refractivity contribution in [3.63, 3.8) is 0 Å². The van der Waals surface area contributed by atoms with Gasteiger partial charge in [-0.3, -0.25) is 4.79 Å². The van der Waals surface area contributed by atoms with Gasteiger partial charge in [0.05, 0.1) is 19.8 Å². The molecule has 1 atom stereocenters. The van der Waals surface area contributed by atoms with Crippen molar-refractivity contribution in [2.24, 2.45) is 0 Å². The zero-order valence-corrected chi connectivity index (χ0v) is 14.3. The maximum atomic E-state index is 12.0. The number of hydrogen-bond donors (Lipinski definition) is 1. The summed E-state index contributed by atoms with van der Waals surface area (Å²) in [6, 6.07) is 15.2. The minimum absolute atomic E-state index is 0.0753. The van der Waals surface area contributed by atoms with Crippen molar-refractivity contribution in [2.75, 3.05) is 13.7 Å². The van der Waals surface area contributed by atoms with Crippen LogP contribution in [0.1, 0.15) is 31.0 Å². The van der Waals surface area contributed by atoms with Crippen molar-refractivity contribution in [2.45, 2.75) is 19.9 Å². The molecule has 0 spiro atoms. The smallest absolute Gasteiger partial charge is 0.244 e. The van der Waals surface area contributed by atoms with Gasteiger partial charge < -0.3 is 14.8 Å². The van der Waals surface area contributed by atoms with Crippen molar-refractivity contribution < 1.29 is 14.3 Å². The van der Waals surface area contributed by atoms with Crippen LogP contribution in [0.15, 0.2) is 54.6 Å². The van der Waals surface area contributed by atoms with Crippen molar-refractivity contribution in [1.82, 2.24) is 5.32 Å². The van der Waals surface area contributed by atoms with Gasteiger partial charge in [0.1, 0.15) is 11.5 Å². The van der Waals surface area contributed by atoms with Crippen LogP contribution in [-0.2, 0) is 4.79 Å². The molecule has 1 amide bonds. The Bertz CT molecular complexity index is 675.